The van der Waals surface area contributed by atoms with Crippen molar-refractivity contribution in [2.45, 2.75) is 29.8 Å². The first-order valence-electron chi connectivity index (χ1n) is 10.8. The van der Waals surface area contributed by atoms with Gasteiger partial charge in [-0.1, -0.05) is 24.3 Å². The number of hydrogen-bond acceptors (Lipinski definition) is 8. The Morgan fingerprint density at radius 3 is 2.42 bits per heavy atom. The number of aromatic nitrogens is 2. The molecule has 3 aromatic rings. The molecule has 10 heteroatoms. The fourth-order valence-electron chi connectivity index (χ4n) is 4.68. The second-order valence-corrected chi connectivity index (χ2v) is 9.87. The average Bonchev–Trinajstić information content (AvgIpc) is 2.84. The number of nitrogens with two attached hydrogens (primary N) is 1. The van der Waals surface area contributed by atoms with Gasteiger partial charge in [0.1, 0.15) is 0 Å². The molecule has 4 heterocycles. The standard InChI is InChI=1S/C23H26N6O3S/c1-32-21-13-25-23(26-16-6-5-9-20(12-16)33(24,30)31)27-22(21)29-15-18-10-11-19(29)14-28(18)17-7-3-2-4-8-17/h2-9,12-13,18-19H,10-11,14-15H2,1H3,(H2,24,30,31)(H,25,26,27)/t18-,19?/m1/s1. The molecule has 3 fully saturated rings. The molecule has 1 aromatic heterocycles. The first-order chi connectivity index (χ1) is 15.9. The minimum Gasteiger partial charge on any atom is -0.491 e. The molecule has 2 atom stereocenters. The van der Waals surface area contributed by atoms with E-state index in [1.54, 1.807) is 25.4 Å². The summed E-state index contributed by atoms with van der Waals surface area (Å²) in [6.45, 7) is 1.76. The lowest BCUT2D eigenvalue weighted by molar-refractivity contribution is 0.326. The predicted octanol–water partition coefficient (Wildman–Crippen LogP) is 2.73. The number of nitrogens with zero attached hydrogens (tertiary/aromatic N) is 4. The molecule has 2 aromatic carbocycles. The topological polar surface area (TPSA) is 114 Å². The van der Waals surface area contributed by atoms with Crippen LogP contribution in [0.25, 0.3) is 0 Å². The zero-order chi connectivity index (χ0) is 23.0. The van der Waals surface area contributed by atoms with Crippen LogP contribution in [-0.4, -0.2) is 50.7 Å². The molecule has 33 heavy (non-hydrogen) atoms. The molecule has 0 amide bonds. The summed E-state index contributed by atoms with van der Waals surface area (Å²) in [4.78, 5) is 13.9. The monoisotopic (exact) mass is 466 g/mol. The summed E-state index contributed by atoms with van der Waals surface area (Å²) in [5, 5.41) is 8.34. The van der Waals surface area contributed by atoms with E-state index < -0.39 is 10.0 Å². The molecule has 172 valence electrons. The van der Waals surface area contributed by atoms with E-state index in [2.05, 4.69) is 44.4 Å². The highest BCUT2D eigenvalue weighted by molar-refractivity contribution is 7.89. The molecule has 9 nitrogen and oxygen atoms in total. The number of piperazine rings is 1. The Labute approximate surface area is 193 Å². The summed E-state index contributed by atoms with van der Waals surface area (Å²) in [7, 11) is -2.19. The van der Waals surface area contributed by atoms with Crippen molar-refractivity contribution >= 4 is 33.2 Å². The van der Waals surface area contributed by atoms with Gasteiger partial charge < -0.3 is 19.9 Å². The van der Waals surface area contributed by atoms with E-state index in [9.17, 15) is 8.42 Å². The summed E-state index contributed by atoms with van der Waals surface area (Å²) < 4.78 is 28.9. The van der Waals surface area contributed by atoms with E-state index in [0.717, 1.165) is 31.7 Å². The molecule has 1 unspecified atom stereocenters. The van der Waals surface area contributed by atoms with Gasteiger partial charge in [-0.3, -0.25) is 0 Å². The lowest BCUT2D eigenvalue weighted by Gasteiger charge is -2.53. The Morgan fingerprint density at radius 1 is 1.03 bits per heavy atom. The van der Waals surface area contributed by atoms with Crippen LogP contribution in [0.2, 0.25) is 0 Å². The summed E-state index contributed by atoms with van der Waals surface area (Å²) in [5.74, 6) is 1.70. The second kappa shape index (κ2) is 8.53. The van der Waals surface area contributed by atoms with Gasteiger partial charge in [-0.2, -0.15) is 4.98 Å². The number of piperidine rings is 2. The minimum atomic E-state index is -3.80. The van der Waals surface area contributed by atoms with Crippen molar-refractivity contribution in [3.8, 4) is 5.75 Å². The SMILES string of the molecule is COc1cnc(Nc2cccc(S(N)(=O)=O)c2)nc1N1C[C@H]2CCC1CN2c1ccccc1. The number of primary sulfonamides is 1. The van der Waals surface area contributed by atoms with Gasteiger partial charge in [0.25, 0.3) is 0 Å². The molecule has 3 aliphatic rings. The van der Waals surface area contributed by atoms with Crippen LogP contribution in [0, 0.1) is 0 Å². The third-order valence-corrected chi connectivity index (χ3v) is 7.18. The maximum Gasteiger partial charge on any atom is 0.238 e. The molecule has 2 bridgehead atoms. The number of fused-ring (bicyclic) bond motifs is 3. The number of para-hydroxylation sites is 1. The van der Waals surface area contributed by atoms with E-state index in [1.807, 2.05) is 6.07 Å². The van der Waals surface area contributed by atoms with Gasteiger partial charge in [0.2, 0.25) is 16.0 Å². The zero-order valence-electron chi connectivity index (χ0n) is 18.3. The van der Waals surface area contributed by atoms with Gasteiger partial charge in [-0.15, -0.1) is 0 Å². The van der Waals surface area contributed by atoms with E-state index in [0.29, 0.717) is 29.5 Å². The number of methoxy groups -OCH3 is 1. The number of ether oxygens (including phenoxy) is 1. The van der Waals surface area contributed by atoms with Crippen LogP contribution in [0.1, 0.15) is 12.8 Å². The second-order valence-electron chi connectivity index (χ2n) is 8.31. The quantitative estimate of drug-likeness (QED) is 0.570. The lowest BCUT2D eigenvalue weighted by atomic mass is 9.90. The molecule has 3 N–H and O–H groups in total. The maximum absolute atomic E-state index is 11.7. The van der Waals surface area contributed by atoms with Crippen LogP contribution in [0.5, 0.6) is 5.75 Å². The minimum absolute atomic E-state index is 0.0237. The molecule has 0 spiro atoms. The van der Waals surface area contributed by atoms with Crippen molar-refractivity contribution in [3.63, 3.8) is 0 Å². The summed E-state index contributed by atoms with van der Waals surface area (Å²) in [6, 6.07) is 17.5. The van der Waals surface area contributed by atoms with E-state index >= 15 is 0 Å². The Morgan fingerprint density at radius 2 is 1.76 bits per heavy atom. The number of anilines is 4. The van der Waals surface area contributed by atoms with Crippen molar-refractivity contribution in [2.24, 2.45) is 5.14 Å². The zero-order valence-corrected chi connectivity index (χ0v) is 19.1. The summed E-state index contributed by atoms with van der Waals surface area (Å²) in [6.07, 6.45) is 3.86. The summed E-state index contributed by atoms with van der Waals surface area (Å²) in [5.41, 5.74) is 1.78. The van der Waals surface area contributed by atoms with Gasteiger partial charge in [0, 0.05) is 36.5 Å². The third kappa shape index (κ3) is 4.31. The normalized spacial score (nSPS) is 20.1. The Bertz CT molecular complexity index is 1250. The smallest absolute Gasteiger partial charge is 0.238 e. The number of nitrogens with one attached hydrogen (secondary N) is 1. The highest BCUT2D eigenvalue weighted by Crippen LogP contribution is 2.38. The molecule has 3 saturated heterocycles. The van der Waals surface area contributed by atoms with Gasteiger partial charge in [-0.05, 0) is 43.2 Å². The predicted molar refractivity (Wildman–Crippen MR) is 128 cm³/mol. The molecule has 0 saturated carbocycles. The fourth-order valence-corrected chi connectivity index (χ4v) is 5.23. The van der Waals surface area contributed by atoms with Gasteiger partial charge >= 0.3 is 0 Å². The van der Waals surface area contributed by atoms with Crippen molar-refractivity contribution in [1.82, 2.24) is 9.97 Å². The first-order valence-corrected chi connectivity index (χ1v) is 12.4. The van der Waals surface area contributed by atoms with Crippen LogP contribution in [0.4, 0.5) is 23.1 Å². The van der Waals surface area contributed by atoms with E-state index in [1.165, 1.54) is 17.8 Å². The number of hydrogen-bond donors (Lipinski definition) is 2. The van der Waals surface area contributed by atoms with Crippen molar-refractivity contribution < 1.29 is 13.2 Å². The fraction of sp³-hybridized carbons (Fsp3) is 0.304. The molecular formula is C23H26N6O3S. The Balaban J connectivity index is 1.41. The Kier molecular flexibility index (Phi) is 5.55. The van der Waals surface area contributed by atoms with E-state index in [4.69, 9.17) is 14.9 Å². The van der Waals surface area contributed by atoms with Crippen LogP contribution >= 0.6 is 0 Å². The van der Waals surface area contributed by atoms with Crippen LogP contribution in [-0.2, 0) is 10.0 Å². The van der Waals surface area contributed by atoms with Crippen molar-refractivity contribution in [1.29, 1.82) is 0 Å². The highest BCUT2D eigenvalue weighted by Gasteiger charge is 2.40. The highest BCUT2D eigenvalue weighted by atomic mass is 32.2. The maximum atomic E-state index is 11.7. The molecule has 6 rings (SSSR count). The average molecular weight is 467 g/mol. The van der Waals surface area contributed by atoms with Crippen molar-refractivity contribution in [2.75, 3.05) is 35.3 Å². The van der Waals surface area contributed by atoms with Gasteiger partial charge in [0.15, 0.2) is 11.6 Å². The van der Waals surface area contributed by atoms with Crippen LogP contribution in [0.3, 0.4) is 0 Å². The third-order valence-electron chi connectivity index (χ3n) is 6.26. The lowest BCUT2D eigenvalue weighted by Crippen LogP contribution is -2.63. The molecule has 0 aliphatic carbocycles. The molecule has 0 radical (unpaired) electrons. The van der Waals surface area contributed by atoms with E-state index in [-0.39, 0.29) is 4.90 Å². The number of rotatable bonds is 6. The van der Waals surface area contributed by atoms with Crippen LogP contribution < -0.4 is 25.0 Å². The molecular weight excluding hydrogens is 440 g/mol. The summed E-state index contributed by atoms with van der Waals surface area (Å²) >= 11 is 0. The number of benzene rings is 2. The van der Waals surface area contributed by atoms with Gasteiger partial charge in [-0.25, -0.2) is 18.5 Å². The molecule has 3 aliphatic heterocycles. The largest absolute Gasteiger partial charge is 0.491 e. The van der Waals surface area contributed by atoms with Gasteiger partial charge in [0.05, 0.1) is 18.2 Å². The Hall–Kier alpha value is -3.37. The van der Waals surface area contributed by atoms with Crippen LogP contribution in [0.15, 0.2) is 65.7 Å². The number of sulfonamides is 1. The van der Waals surface area contributed by atoms with Crippen molar-refractivity contribution in [3.05, 3.63) is 60.8 Å². The first kappa shape index (κ1) is 21.5.